The van der Waals surface area contributed by atoms with Gasteiger partial charge in [0.2, 0.25) is 0 Å². The molecule has 0 aliphatic carbocycles. The molecule has 0 fully saturated rings. The predicted octanol–water partition coefficient (Wildman–Crippen LogP) is 3.85. The van der Waals surface area contributed by atoms with E-state index in [9.17, 15) is 18.0 Å². The fraction of sp³-hybridized carbons (Fsp3) is 0.250. The van der Waals surface area contributed by atoms with Crippen LogP contribution >= 0.6 is 11.6 Å². The highest BCUT2D eigenvalue weighted by atomic mass is 35.5. The zero-order valence-corrected chi connectivity index (χ0v) is 10.2. The molecule has 98 valence electrons. The lowest BCUT2D eigenvalue weighted by atomic mass is 10.1. The van der Waals surface area contributed by atoms with Crippen molar-refractivity contribution in [2.24, 2.45) is 0 Å². The highest BCUT2D eigenvalue weighted by Crippen LogP contribution is 2.29. The third-order valence-electron chi connectivity index (χ3n) is 2.00. The molecule has 1 aromatic carbocycles. The average Bonchev–Trinajstić information content (AvgIpc) is 2.28. The lowest BCUT2D eigenvalue weighted by molar-refractivity contribution is -0.138. The van der Waals surface area contributed by atoms with Crippen LogP contribution < -0.4 is 0 Å². The number of hydrogen-bond donors (Lipinski definition) is 0. The van der Waals surface area contributed by atoms with Crippen LogP contribution in [0.3, 0.4) is 0 Å². The Hall–Kier alpha value is -1.49. The number of benzene rings is 1. The maximum absolute atomic E-state index is 12.3. The van der Waals surface area contributed by atoms with E-state index in [1.807, 2.05) is 0 Å². The summed E-state index contributed by atoms with van der Waals surface area (Å²) < 4.78 is 41.5. The first-order chi connectivity index (χ1) is 8.34. The van der Waals surface area contributed by atoms with Gasteiger partial charge in [-0.2, -0.15) is 13.2 Å². The normalized spacial score (nSPS) is 12.4. The fourth-order valence-electron chi connectivity index (χ4n) is 1.17. The average molecular weight is 279 g/mol. The number of carbonyl (C=O) groups excluding carboxylic acids is 1. The molecule has 0 spiro atoms. The molecule has 0 aliphatic heterocycles. The van der Waals surface area contributed by atoms with Gasteiger partial charge in [-0.1, -0.05) is 23.7 Å². The maximum Gasteiger partial charge on any atom is 0.416 e. The molecule has 0 aliphatic rings. The first-order valence-corrected chi connectivity index (χ1v) is 5.44. The summed E-state index contributed by atoms with van der Waals surface area (Å²) in [5.41, 5.74) is -0.368. The molecule has 0 atom stereocenters. The lowest BCUT2D eigenvalue weighted by Crippen LogP contribution is -2.04. The summed E-state index contributed by atoms with van der Waals surface area (Å²) in [5.74, 6) is -0.709. The van der Waals surface area contributed by atoms with Crippen LogP contribution in [0.2, 0.25) is 0 Å². The number of alkyl halides is 3. The van der Waals surface area contributed by atoms with Crippen LogP contribution in [-0.4, -0.2) is 12.6 Å². The maximum atomic E-state index is 12.3. The minimum Gasteiger partial charge on any atom is -0.462 e. The Kier molecular flexibility index (Phi) is 4.78. The first kappa shape index (κ1) is 14.6. The summed E-state index contributed by atoms with van der Waals surface area (Å²) in [5, 5.41) is -0.184. The second-order valence-electron chi connectivity index (χ2n) is 3.33. The number of esters is 1. The minimum absolute atomic E-state index is 0.176. The molecular formula is C12H10ClF3O2. The Morgan fingerprint density at radius 2 is 1.89 bits per heavy atom. The van der Waals surface area contributed by atoms with Gasteiger partial charge in [-0.15, -0.1) is 0 Å². The van der Waals surface area contributed by atoms with Crippen molar-refractivity contribution in [1.82, 2.24) is 0 Å². The Labute approximate surface area is 107 Å². The van der Waals surface area contributed by atoms with Gasteiger partial charge in [-0.25, -0.2) is 4.79 Å². The second-order valence-corrected chi connectivity index (χ2v) is 3.74. The van der Waals surface area contributed by atoms with Crippen LogP contribution in [-0.2, 0) is 15.7 Å². The van der Waals surface area contributed by atoms with Gasteiger partial charge in [-0.3, -0.25) is 0 Å². The molecule has 0 saturated carbocycles. The summed E-state index contributed by atoms with van der Waals surface area (Å²) in [7, 11) is 0. The Morgan fingerprint density at radius 3 is 2.33 bits per heavy atom. The molecule has 0 unspecified atom stereocenters. The van der Waals surface area contributed by atoms with E-state index in [0.29, 0.717) is 5.56 Å². The van der Waals surface area contributed by atoms with E-state index in [1.54, 1.807) is 6.92 Å². The van der Waals surface area contributed by atoms with Crippen molar-refractivity contribution in [3.63, 3.8) is 0 Å². The quantitative estimate of drug-likeness (QED) is 0.620. The smallest absolute Gasteiger partial charge is 0.416 e. The van der Waals surface area contributed by atoms with Gasteiger partial charge >= 0.3 is 12.1 Å². The predicted molar refractivity (Wildman–Crippen MR) is 61.9 cm³/mol. The van der Waals surface area contributed by atoms with Gasteiger partial charge in [0.15, 0.2) is 0 Å². The third kappa shape index (κ3) is 4.07. The van der Waals surface area contributed by atoms with Crippen LogP contribution in [0.5, 0.6) is 0 Å². The zero-order valence-electron chi connectivity index (χ0n) is 9.42. The van der Waals surface area contributed by atoms with E-state index in [0.717, 1.165) is 12.1 Å². The van der Waals surface area contributed by atoms with Crippen molar-refractivity contribution in [3.8, 4) is 0 Å². The molecular weight excluding hydrogens is 269 g/mol. The lowest BCUT2D eigenvalue weighted by Gasteiger charge is -2.06. The van der Waals surface area contributed by atoms with Crippen LogP contribution in [0.15, 0.2) is 29.3 Å². The third-order valence-corrected chi connectivity index (χ3v) is 2.27. The van der Waals surface area contributed by atoms with Gasteiger partial charge < -0.3 is 4.74 Å². The molecule has 0 amide bonds. The van der Waals surface area contributed by atoms with Crippen molar-refractivity contribution < 1.29 is 22.7 Å². The summed E-state index contributed by atoms with van der Waals surface area (Å²) in [6, 6.07) is 4.29. The summed E-state index contributed by atoms with van der Waals surface area (Å²) in [6.07, 6.45) is -3.13. The van der Waals surface area contributed by atoms with Crippen molar-refractivity contribution in [1.29, 1.82) is 0 Å². The van der Waals surface area contributed by atoms with E-state index in [2.05, 4.69) is 4.74 Å². The van der Waals surface area contributed by atoms with Gasteiger partial charge in [0.05, 0.1) is 12.2 Å². The molecule has 0 aromatic heterocycles. The summed E-state index contributed by atoms with van der Waals surface area (Å²) >= 11 is 5.64. The molecule has 0 heterocycles. The topological polar surface area (TPSA) is 26.3 Å². The molecule has 0 bridgehead atoms. The summed E-state index contributed by atoms with van der Waals surface area (Å²) in [6.45, 7) is 1.80. The monoisotopic (exact) mass is 278 g/mol. The molecule has 0 radical (unpaired) electrons. The highest BCUT2D eigenvalue weighted by Gasteiger charge is 2.29. The van der Waals surface area contributed by atoms with Crippen molar-refractivity contribution in [2.45, 2.75) is 13.1 Å². The minimum atomic E-state index is -4.38. The molecule has 0 N–H and O–H groups in total. The highest BCUT2D eigenvalue weighted by molar-refractivity contribution is 6.43. The van der Waals surface area contributed by atoms with Crippen molar-refractivity contribution >= 4 is 23.6 Å². The number of halogens is 4. The molecule has 6 heteroatoms. The van der Waals surface area contributed by atoms with Gasteiger partial charge in [0, 0.05) is 0 Å². The SMILES string of the molecule is CCOC(=O)/C(Cl)=C\c1ccc(C(F)(F)F)cc1. The van der Waals surface area contributed by atoms with Gasteiger partial charge in [0.25, 0.3) is 0 Å². The van der Waals surface area contributed by atoms with Crippen LogP contribution in [0.4, 0.5) is 13.2 Å². The molecule has 0 saturated heterocycles. The van der Waals surface area contributed by atoms with Crippen LogP contribution in [0.1, 0.15) is 18.1 Å². The van der Waals surface area contributed by atoms with Crippen molar-refractivity contribution in [2.75, 3.05) is 6.61 Å². The number of hydrogen-bond acceptors (Lipinski definition) is 2. The molecule has 1 rings (SSSR count). The largest absolute Gasteiger partial charge is 0.462 e. The van der Waals surface area contributed by atoms with E-state index in [-0.39, 0.29) is 11.6 Å². The van der Waals surface area contributed by atoms with E-state index >= 15 is 0 Å². The molecule has 2 nitrogen and oxygen atoms in total. The van der Waals surface area contributed by atoms with E-state index in [4.69, 9.17) is 11.6 Å². The standard InChI is InChI=1S/C12H10ClF3O2/c1-2-18-11(17)10(13)7-8-3-5-9(6-4-8)12(14,15)16/h3-7H,2H2,1H3/b10-7+. The number of rotatable bonds is 3. The Balaban J connectivity index is 2.87. The Bertz CT molecular complexity index is 449. The second kappa shape index (κ2) is 5.91. The zero-order chi connectivity index (χ0) is 13.8. The van der Waals surface area contributed by atoms with Crippen LogP contribution in [0.25, 0.3) is 6.08 Å². The summed E-state index contributed by atoms with van der Waals surface area (Å²) in [4.78, 5) is 11.2. The van der Waals surface area contributed by atoms with Gasteiger partial charge in [0.1, 0.15) is 5.03 Å². The molecule has 1 aromatic rings. The first-order valence-electron chi connectivity index (χ1n) is 5.06. The number of ether oxygens (including phenoxy) is 1. The van der Waals surface area contributed by atoms with E-state index in [1.165, 1.54) is 18.2 Å². The van der Waals surface area contributed by atoms with E-state index < -0.39 is 17.7 Å². The van der Waals surface area contributed by atoms with Crippen LogP contribution in [0, 0.1) is 0 Å². The van der Waals surface area contributed by atoms with Crippen molar-refractivity contribution in [3.05, 3.63) is 40.4 Å². The van der Waals surface area contributed by atoms with Gasteiger partial charge in [-0.05, 0) is 30.7 Å². The Morgan fingerprint density at radius 1 is 1.33 bits per heavy atom. The molecule has 18 heavy (non-hydrogen) atoms. The fourth-order valence-corrected chi connectivity index (χ4v) is 1.35. The number of carbonyl (C=O) groups is 1.